The van der Waals surface area contributed by atoms with Crippen molar-refractivity contribution < 1.29 is 22.7 Å². The van der Waals surface area contributed by atoms with E-state index in [4.69, 9.17) is 21.1 Å². The largest absolute Gasteiger partial charge is 0.495 e. The molecule has 0 saturated carbocycles. The number of anilines is 2. The molecule has 0 aliphatic carbocycles. The normalized spacial score (nSPS) is 22.2. The first kappa shape index (κ1) is 29.9. The molecular weight excluding hydrogens is 630 g/mol. The Balaban J connectivity index is 1.46. The second-order valence-electron chi connectivity index (χ2n) is 11.1. The van der Waals surface area contributed by atoms with Gasteiger partial charge in [0, 0.05) is 54.4 Å². The quantitative estimate of drug-likeness (QED) is 0.256. The van der Waals surface area contributed by atoms with Crippen molar-refractivity contribution in [2.75, 3.05) is 36.0 Å². The van der Waals surface area contributed by atoms with Crippen LogP contribution in [0.25, 0.3) is 0 Å². The summed E-state index contributed by atoms with van der Waals surface area (Å²) in [6.07, 6.45) is 5.49. The SMILES string of the molecule is CCOc1nc(Cl)ccc1C1(N2C[C@@H]3C[C@H]2CN3c2ccncc2)C(=O)N(S(=O)(=O)c2ccc(OC)cn2)c2ccc(C#N)cc21. The number of nitriles is 1. The summed E-state index contributed by atoms with van der Waals surface area (Å²) in [6, 6.07) is 16.5. The number of ether oxygens (including phenoxy) is 2. The van der Waals surface area contributed by atoms with Crippen molar-refractivity contribution in [2.24, 2.45) is 0 Å². The van der Waals surface area contributed by atoms with Crippen molar-refractivity contribution in [1.29, 1.82) is 5.26 Å². The average Bonchev–Trinajstić information content (AvgIpc) is 3.76. The molecule has 2 fully saturated rings. The van der Waals surface area contributed by atoms with Gasteiger partial charge in [-0.15, -0.1) is 0 Å². The first-order valence-corrected chi connectivity index (χ1v) is 16.4. The van der Waals surface area contributed by atoms with Crippen molar-refractivity contribution in [1.82, 2.24) is 19.9 Å². The molecule has 0 N–H and O–H groups in total. The van der Waals surface area contributed by atoms with E-state index in [1.54, 1.807) is 37.5 Å². The van der Waals surface area contributed by atoms with Crippen LogP contribution in [-0.4, -0.2) is 73.1 Å². The van der Waals surface area contributed by atoms with Crippen molar-refractivity contribution in [3.8, 4) is 17.7 Å². The highest BCUT2D eigenvalue weighted by Gasteiger charge is 2.65. The summed E-state index contributed by atoms with van der Waals surface area (Å²) in [5.41, 5.74) is 0.338. The van der Waals surface area contributed by atoms with Crippen molar-refractivity contribution in [2.45, 2.75) is 36.0 Å². The van der Waals surface area contributed by atoms with Gasteiger partial charge >= 0.3 is 0 Å². The number of carbonyl (C=O) groups excluding carboxylic acids is 1. The van der Waals surface area contributed by atoms with E-state index in [2.05, 4.69) is 25.9 Å². The fourth-order valence-corrected chi connectivity index (χ4v) is 8.50. The molecule has 4 aromatic rings. The third-order valence-corrected chi connectivity index (χ3v) is 10.7. The van der Waals surface area contributed by atoms with Crippen molar-refractivity contribution >= 4 is 38.9 Å². The van der Waals surface area contributed by atoms with Crippen molar-refractivity contribution in [3.05, 3.63) is 95.0 Å². The molecule has 3 aromatic heterocycles. The Morgan fingerprint density at radius 1 is 1.07 bits per heavy atom. The molecule has 7 rings (SSSR count). The van der Waals surface area contributed by atoms with Crippen LogP contribution in [0, 0.1) is 11.3 Å². The highest BCUT2D eigenvalue weighted by molar-refractivity contribution is 7.93. The van der Waals surface area contributed by atoms with Gasteiger partial charge in [-0.2, -0.15) is 18.0 Å². The number of pyridine rings is 3. The first-order chi connectivity index (χ1) is 22.2. The van der Waals surface area contributed by atoms with Crippen LogP contribution in [0.5, 0.6) is 11.6 Å². The molecule has 14 heteroatoms. The van der Waals surface area contributed by atoms with Crippen LogP contribution in [0.15, 0.2) is 78.2 Å². The molecule has 46 heavy (non-hydrogen) atoms. The number of nitrogens with zero attached hydrogens (tertiary/aromatic N) is 7. The molecule has 0 radical (unpaired) electrons. The van der Waals surface area contributed by atoms with E-state index >= 15 is 4.79 Å². The van der Waals surface area contributed by atoms with Gasteiger partial charge in [0.1, 0.15) is 10.9 Å². The van der Waals surface area contributed by atoms with Gasteiger partial charge in [0.2, 0.25) is 5.88 Å². The summed E-state index contributed by atoms with van der Waals surface area (Å²) in [7, 11) is -3.10. The summed E-state index contributed by atoms with van der Waals surface area (Å²) in [4.78, 5) is 32.4. The number of fused-ring (bicyclic) bond motifs is 3. The highest BCUT2D eigenvalue weighted by atomic mass is 35.5. The molecule has 2 saturated heterocycles. The Bertz CT molecular complexity index is 1990. The molecule has 2 bridgehead atoms. The van der Waals surface area contributed by atoms with Crippen LogP contribution < -0.4 is 18.7 Å². The van der Waals surface area contributed by atoms with Gasteiger partial charge in [-0.1, -0.05) is 11.6 Å². The number of sulfonamides is 1. The number of halogens is 1. The van der Waals surface area contributed by atoms with Crippen LogP contribution in [0.1, 0.15) is 30.0 Å². The topological polar surface area (TPSA) is 142 Å². The van der Waals surface area contributed by atoms with Crippen LogP contribution in [-0.2, 0) is 20.4 Å². The van der Waals surface area contributed by atoms with E-state index in [9.17, 15) is 13.7 Å². The zero-order valence-electron chi connectivity index (χ0n) is 24.9. The highest BCUT2D eigenvalue weighted by Crippen LogP contribution is 2.55. The minimum absolute atomic E-state index is 0.0180. The molecule has 1 aromatic carbocycles. The number of aromatic nitrogens is 3. The summed E-state index contributed by atoms with van der Waals surface area (Å²) >= 11 is 6.34. The number of hydrogen-bond acceptors (Lipinski definition) is 11. The lowest BCUT2D eigenvalue weighted by atomic mass is 9.81. The Morgan fingerprint density at radius 3 is 2.52 bits per heavy atom. The van der Waals surface area contributed by atoms with Gasteiger partial charge in [-0.05, 0) is 67.9 Å². The monoisotopic (exact) mass is 657 g/mol. The number of amides is 1. The second-order valence-corrected chi connectivity index (χ2v) is 13.3. The minimum atomic E-state index is -4.55. The van der Waals surface area contributed by atoms with Gasteiger partial charge in [0.15, 0.2) is 10.6 Å². The number of rotatable bonds is 8. The molecule has 3 aliphatic heterocycles. The predicted octanol–water partition coefficient (Wildman–Crippen LogP) is 3.75. The number of likely N-dealkylation sites (tertiary alicyclic amines) is 1. The van der Waals surface area contributed by atoms with E-state index < -0.39 is 21.5 Å². The minimum Gasteiger partial charge on any atom is -0.495 e. The smallest absolute Gasteiger partial charge is 0.288 e. The van der Waals surface area contributed by atoms with E-state index in [1.807, 2.05) is 17.0 Å². The molecule has 1 unspecified atom stereocenters. The lowest BCUT2D eigenvalue weighted by Crippen LogP contribution is -2.60. The number of hydrogen-bond donors (Lipinski definition) is 0. The third kappa shape index (κ3) is 4.39. The Morgan fingerprint density at radius 2 is 1.87 bits per heavy atom. The zero-order chi connectivity index (χ0) is 32.2. The summed E-state index contributed by atoms with van der Waals surface area (Å²) < 4.78 is 40.7. The second kappa shape index (κ2) is 11.2. The molecule has 0 spiro atoms. The van der Waals surface area contributed by atoms with Crippen molar-refractivity contribution in [3.63, 3.8) is 0 Å². The maximum Gasteiger partial charge on any atom is 0.288 e. The maximum absolute atomic E-state index is 15.3. The lowest BCUT2D eigenvalue weighted by Gasteiger charge is -2.45. The van der Waals surface area contributed by atoms with Gasteiger partial charge in [0.05, 0.1) is 37.2 Å². The number of piperazine rings is 1. The van der Waals surface area contributed by atoms with Crippen LogP contribution in [0.3, 0.4) is 0 Å². The van der Waals surface area contributed by atoms with Gasteiger partial charge < -0.3 is 14.4 Å². The molecular formula is C32H28ClN7O5S. The summed E-state index contributed by atoms with van der Waals surface area (Å²) in [5.74, 6) is -0.281. The number of carbonyl (C=O) groups is 1. The average molecular weight is 658 g/mol. The van der Waals surface area contributed by atoms with Crippen LogP contribution in [0.2, 0.25) is 5.15 Å². The molecule has 1 amide bonds. The van der Waals surface area contributed by atoms with Crippen LogP contribution in [0.4, 0.5) is 11.4 Å². The third-order valence-electron chi connectivity index (χ3n) is 8.84. The molecule has 234 valence electrons. The Kier molecular flexibility index (Phi) is 7.31. The van der Waals surface area contributed by atoms with Crippen LogP contribution >= 0.6 is 11.6 Å². The van der Waals surface area contributed by atoms with E-state index in [-0.39, 0.29) is 46.0 Å². The molecule has 12 nitrogen and oxygen atoms in total. The fraction of sp³-hybridized carbons (Fsp3) is 0.281. The fourth-order valence-electron chi connectivity index (χ4n) is 6.98. The zero-order valence-corrected chi connectivity index (χ0v) is 26.4. The van der Waals surface area contributed by atoms with Gasteiger partial charge in [-0.25, -0.2) is 9.97 Å². The van der Waals surface area contributed by atoms with Gasteiger partial charge in [-0.3, -0.25) is 14.7 Å². The molecule has 3 aliphatic rings. The van der Waals surface area contributed by atoms with E-state index in [0.29, 0.717) is 30.0 Å². The Hall–Kier alpha value is -4.77. The summed E-state index contributed by atoms with van der Waals surface area (Å²) in [5, 5.41) is 9.78. The maximum atomic E-state index is 15.3. The molecule has 3 atom stereocenters. The lowest BCUT2D eigenvalue weighted by molar-refractivity contribution is -0.127. The first-order valence-electron chi connectivity index (χ1n) is 14.6. The number of benzene rings is 1. The standard InChI is InChI=1S/C32H28ClN7O5S/c1-3-45-30-25(6-8-28(33)37-30)32(39-19-22-15-23(39)18-38(22)21-10-12-35-13-11-21)26-14-20(16-34)4-7-27(26)40(31(32)41)46(42,43)29-9-5-24(44-2)17-36-29/h4-14,17,22-23H,3,15,18-19H2,1-2H3/t22-,23-,32?/m0/s1. The molecule has 6 heterocycles. The van der Waals surface area contributed by atoms with E-state index in [0.717, 1.165) is 16.4 Å². The Labute approximate surface area is 270 Å². The predicted molar refractivity (Wildman–Crippen MR) is 168 cm³/mol. The number of methoxy groups -OCH3 is 1. The van der Waals surface area contributed by atoms with Gasteiger partial charge in [0.25, 0.3) is 15.9 Å². The van der Waals surface area contributed by atoms with E-state index in [1.165, 1.54) is 37.6 Å². The summed E-state index contributed by atoms with van der Waals surface area (Å²) in [6.45, 7) is 3.00.